The zero-order valence-corrected chi connectivity index (χ0v) is 32.1. The Morgan fingerprint density at radius 3 is 1.65 bits per heavy atom. The van der Waals surface area contributed by atoms with E-state index in [1.54, 1.807) is 0 Å². The van der Waals surface area contributed by atoms with Crippen LogP contribution in [0.3, 0.4) is 0 Å². The van der Waals surface area contributed by atoms with Crippen molar-refractivity contribution in [3.8, 4) is 0 Å². The number of hydrogen-bond acceptors (Lipinski definition) is 6. The number of epoxide rings is 1. The Bertz CT molecular complexity index is 862. The second-order valence-electron chi connectivity index (χ2n) is 14.6. The maximum Gasteiger partial charge on any atom is 0.305 e. The van der Waals surface area contributed by atoms with Crippen molar-refractivity contribution in [2.45, 2.75) is 206 Å². The van der Waals surface area contributed by atoms with Crippen LogP contribution in [0, 0.1) is 5.92 Å². The minimum atomic E-state index is -0.987. The molecule has 0 aromatic heterocycles. The van der Waals surface area contributed by atoms with E-state index in [1.807, 2.05) is 0 Å². The Kier molecular flexibility index (Phi) is 30.6. The minimum Gasteiger partial charge on any atom is -0.463 e. The number of esters is 2. The molecule has 1 fully saturated rings. The van der Waals surface area contributed by atoms with Crippen molar-refractivity contribution in [3.05, 3.63) is 36.5 Å². The van der Waals surface area contributed by atoms with Gasteiger partial charge in [-0.15, -0.1) is 0 Å². The lowest BCUT2D eigenvalue weighted by molar-refractivity contribution is -0.152. The van der Waals surface area contributed by atoms with Gasteiger partial charge in [-0.05, 0) is 50.9 Å². The number of allylic oxidation sites excluding steroid dienone is 5. The molecule has 1 rings (SSSR count). The normalized spacial score (nSPS) is 16.8. The summed E-state index contributed by atoms with van der Waals surface area (Å²) in [5.74, 6) is 0.218. The molecule has 0 aromatic rings. The summed E-state index contributed by atoms with van der Waals surface area (Å²) in [6.45, 7) is 6.58. The lowest BCUT2D eigenvalue weighted by Crippen LogP contribution is -2.25. The Balaban J connectivity index is 1.84. The highest BCUT2D eigenvalue weighted by Gasteiger charge is 2.36. The predicted octanol–water partition coefficient (Wildman–Crippen LogP) is 11.7. The van der Waals surface area contributed by atoms with E-state index in [1.165, 1.54) is 103 Å². The molecule has 1 aliphatic rings. The van der Waals surface area contributed by atoms with Gasteiger partial charge in [0.05, 0.1) is 12.2 Å². The topological polar surface area (TPSA) is 85.4 Å². The second-order valence-corrected chi connectivity index (χ2v) is 14.6. The number of aliphatic hydroxyl groups is 1. The van der Waals surface area contributed by atoms with Gasteiger partial charge in [0.2, 0.25) is 0 Å². The first kappa shape index (κ1) is 45.1. The summed E-state index contributed by atoms with van der Waals surface area (Å²) in [6.07, 6.45) is 42.4. The molecule has 1 heterocycles. The van der Waals surface area contributed by atoms with Gasteiger partial charge in [-0.25, -0.2) is 0 Å². The number of aliphatic hydroxyl groups excluding tert-OH is 1. The lowest BCUT2D eigenvalue weighted by Gasteiger charge is -2.12. The summed E-state index contributed by atoms with van der Waals surface area (Å²) < 4.78 is 16.0. The molecule has 49 heavy (non-hydrogen) atoms. The van der Waals surface area contributed by atoms with Crippen molar-refractivity contribution >= 4 is 11.9 Å². The van der Waals surface area contributed by atoms with Gasteiger partial charge in [0.25, 0.3) is 0 Å². The van der Waals surface area contributed by atoms with Gasteiger partial charge in [0.1, 0.15) is 19.3 Å². The van der Waals surface area contributed by atoms with Crippen LogP contribution in [-0.4, -0.2) is 48.6 Å². The average molecular weight is 689 g/mol. The molecule has 284 valence electrons. The van der Waals surface area contributed by atoms with Crippen molar-refractivity contribution in [3.63, 3.8) is 0 Å². The standard InChI is InChI=1S/C43H76O6/c1-4-5-26-32-40-41(49-40)33-28-23-19-15-12-13-17-21-25-30-35-43(46)48-37-39(44)36-47-42(45)34-29-24-20-16-11-9-7-6-8-10-14-18-22-27-31-38(2)3/h12,15,17,21,23,28,38-41,44H,4-11,13-14,16,18-20,22,24-27,29-37H2,1-3H3/b15-12-,21-17-,28-23-/t39-,40?,41?/m0/s1. The highest BCUT2D eigenvalue weighted by atomic mass is 16.6. The molecule has 0 saturated carbocycles. The number of ether oxygens (including phenoxy) is 3. The summed E-state index contributed by atoms with van der Waals surface area (Å²) >= 11 is 0. The van der Waals surface area contributed by atoms with Crippen molar-refractivity contribution in [2.24, 2.45) is 5.92 Å². The van der Waals surface area contributed by atoms with E-state index in [0.29, 0.717) is 31.5 Å². The fourth-order valence-corrected chi connectivity index (χ4v) is 6.00. The molecule has 0 aliphatic carbocycles. The van der Waals surface area contributed by atoms with Gasteiger partial charge in [-0.2, -0.15) is 0 Å². The van der Waals surface area contributed by atoms with Crippen LogP contribution in [0.15, 0.2) is 36.5 Å². The molecule has 3 atom stereocenters. The van der Waals surface area contributed by atoms with Gasteiger partial charge in [0, 0.05) is 12.8 Å². The van der Waals surface area contributed by atoms with Crippen molar-refractivity contribution in [1.29, 1.82) is 0 Å². The molecule has 2 unspecified atom stereocenters. The second kappa shape index (κ2) is 33.2. The van der Waals surface area contributed by atoms with Gasteiger partial charge < -0.3 is 19.3 Å². The fraction of sp³-hybridized carbons (Fsp3) is 0.814. The molecular weight excluding hydrogens is 612 g/mol. The number of carbonyl (C=O) groups excluding carboxylic acids is 2. The summed E-state index contributed by atoms with van der Waals surface area (Å²) in [7, 11) is 0. The molecule has 1 saturated heterocycles. The maximum atomic E-state index is 12.0. The number of hydrogen-bond donors (Lipinski definition) is 1. The molecule has 1 aliphatic heterocycles. The van der Waals surface area contributed by atoms with Crippen LogP contribution in [0.5, 0.6) is 0 Å². The number of carbonyl (C=O) groups is 2. The third-order valence-electron chi connectivity index (χ3n) is 9.23. The Morgan fingerprint density at radius 1 is 0.612 bits per heavy atom. The van der Waals surface area contributed by atoms with E-state index in [9.17, 15) is 14.7 Å². The van der Waals surface area contributed by atoms with E-state index in [0.717, 1.165) is 50.9 Å². The van der Waals surface area contributed by atoms with E-state index in [4.69, 9.17) is 14.2 Å². The number of rotatable bonds is 35. The smallest absolute Gasteiger partial charge is 0.305 e. The molecule has 6 heteroatoms. The monoisotopic (exact) mass is 689 g/mol. The zero-order valence-electron chi connectivity index (χ0n) is 32.1. The first-order valence-electron chi connectivity index (χ1n) is 20.5. The third-order valence-corrected chi connectivity index (χ3v) is 9.23. The highest BCUT2D eigenvalue weighted by Crippen LogP contribution is 2.30. The van der Waals surface area contributed by atoms with Gasteiger partial charge in [-0.1, -0.05) is 166 Å². The SMILES string of the molecule is CCCCCC1OC1C/C=C\C/C=C\C/C=C\CCCC(=O)OC[C@@H](O)COC(=O)CCCCCCCCCCCCCCCCC(C)C. The van der Waals surface area contributed by atoms with E-state index in [2.05, 4.69) is 57.2 Å². The lowest BCUT2D eigenvalue weighted by atomic mass is 10.0. The van der Waals surface area contributed by atoms with Crippen LogP contribution in [0.2, 0.25) is 0 Å². The first-order valence-corrected chi connectivity index (χ1v) is 20.5. The van der Waals surface area contributed by atoms with E-state index >= 15 is 0 Å². The summed E-state index contributed by atoms with van der Waals surface area (Å²) in [4.78, 5) is 23.9. The number of unbranched alkanes of at least 4 members (excludes halogenated alkanes) is 16. The van der Waals surface area contributed by atoms with Crippen LogP contribution >= 0.6 is 0 Å². The Morgan fingerprint density at radius 2 is 1.10 bits per heavy atom. The van der Waals surface area contributed by atoms with Crippen LogP contribution in [0.25, 0.3) is 0 Å². The first-order chi connectivity index (χ1) is 23.9. The van der Waals surface area contributed by atoms with Gasteiger partial charge >= 0.3 is 11.9 Å². The van der Waals surface area contributed by atoms with Crippen molar-refractivity contribution in [2.75, 3.05) is 13.2 Å². The van der Waals surface area contributed by atoms with Crippen LogP contribution < -0.4 is 0 Å². The molecular formula is C43H76O6. The Labute approximate surface area is 301 Å². The van der Waals surface area contributed by atoms with Crippen molar-refractivity contribution in [1.82, 2.24) is 0 Å². The summed E-state index contributed by atoms with van der Waals surface area (Å²) in [6, 6.07) is 0. The van der Waals surface area contributed by atoms with Crippen LogP contribution in [0.4, 0.5) is 0 Å². The maximum absolute atomic E-state index is 12.0. The fourth-order valence-electron chi connectivity index (χ4n) is 6.00. The van der Waals surface area contributed by atoms with Crippen LogP contribution in [0.1, 0.15) is 188 Å². The zero-order chi connectivity index (χ0) is 35.6. The van der Waals surface area contributed by atoms with Crippen molar-refractivity contribution < 1.29 is 28.9 Å². The molecule has 0 aromatic carbocycles. The van der Waals surface area contributed by atoms with Gasteiger partial charge in [-0.3, -0.25) is 9.59 Å². The molecule has 0 radical (unpaired) electrons. The largest absolute Gasteiger partial charge is 0.463 e. The van der Waals surface area contributed by atoms with E-state index in [-0.39, 0.29) is 25.2 Å². The molecule has 1 N–H and O–H groups in total. The van der Waals surface area contributed by atoms with Crippen LogP contribution in [-0.2, 0) is 23.8 Å². The third kappa shape index (κ3) is 31.8. The molecule has 0 bridgehead atoms. The quantitative estimate of drug-likeness (QED) is 0.0309. The minimum absolute atomic E-state index is 0.134. The highest BCUT2D eigenvalue weighted by molar-refractivity contribution is 5.69. The van der Waals surface area contributed by atoms with Gasteiger partial charge in [0.15, 0.2) is 0 Å². The van der Waals surface area contributed by atoms with E-state index < -0.39 is 6.10 Å². The Hall–Kier alpha value is -1.92. The predicted molar refractivity (Wildman–Crippen MR) is 205 cm³/mol. The molecule has 6 nitrogen and oxygen atoms in total. The summed E-state index contributed by atoms with van der Waals surface area (Å²) in [5.41, 5.74) is 0. The average Bonchev–Trinajstić information content (AvgIpc) is 3.84. The molecule has 0 amide bonds. The summed E-state index contributed by atoms with van der Waals surface area (Å²) in [5, 5.41) is 10.0. The molecule has 0 spiro atoms.